The molecule has 0 aliphatic rings. The van der Waals surface area contributed by atoms with Crippen LogP contribution in [0.15, 0.2) is 42.5 Å². The van der Waals surface area contributed by atoms with Gasteiger partial charge in [-0.3, -0.25) is 4.79 Å². The summed E-state index contributed by atoms with van der Waals surface area (Å²) in [4.78, 5) is 12.7. The Kier molecular flexibility index (Phi) is 9.64. The summed E-state index contributed by atoms with van der Waals surface area (Å²) in [6.45, 7) is 13.9. The quantitative estimate of drug-likeness (QED) is 0.308. The standard InChI is InChI=1S/C27H37NO3/c1-7-9-17-31-24-15-13-21(18-25(24)30-8-2)14-16-26(29)28-27-22(19(3)4)11-10-12-23(27)20(5)6/h10-16,18-20H,7-9,17H2,1-6H3,(H,28,29)/b16-14+. The van der Waals surface area contributed by atoms with Gasteiger partial charge in [0, 0.05) is 11.8 Å². The van der Waals surface area contributed by atoms with Gasteiger partial charge in [-0.25, -0.2) is 0 Å². The van der Waals surface area contributed by atoms with Gasteiger partial charge in [0.2, 0.25) is 5.91 Å². The molecule has 2 aromatic carbocycles. The molecule has 0 spiro atoms. The van der Waals surface area contributed by atoms with Crippen molar-refractivity contribution in [3.05, 3.63) is 59.2 Å². The second kappa shape index (κ2) is 12.2. The molecular formula is C27H37NO3. The van der Waals surface area contributed by atoms with Crippen LogP contribution in [-0.4, -0.2) is 19.1 Å². The Morgan fingerprint density at radius 1 is 0.968 bits per heavy atom. The highest BCUT2D eigenvalue weighted by Gasteiger charge is 2.15. The van der Waals surface area contributed by atoms with Gasteiger partial charge in [-0.15, -0.1) is 0 Å². The van der Waals surface area contributed by atoms with E-state index in [1.54, 1.807) is 12.2 Å². The van der Waals surface area contributed by atoms with E-state index in [9.17, 15) is 4.79 Å². The number of unbranched alkanes of at least 4 members (excludes halogenated alkanes) is 1. The van der Waals surface area contributed by atoms with Crippen molar-refractivity contribution in [3.63, 3.8) is 0 Å². The molecule has 31 heavy (non-hydrogen) atoms. The first-order chi connectivity index (χ1) is 14.9. The Bertz CT molecular complexity index is 858. The molecule has 0 saturated heterocycles. The summed E-state index contributed by atoms with van der Waals surface area (Å²) in [7, 11) is 0. The number of para-hydroxylation sites is 1. The topological polar surface area (TPSA) is 47.6 Å². The molecule has 0 atom stereocenters. The molecule has 0 fully saturated rings. The van der Waals surface area contributed by atoms with Crippen LogP contribution in [0.3, 0.4) is 0 Å². The van der Waals surface area contributed by atoms with Crippen molar-refractivity contribution in [3.8, 4) is 11.5 Å². The van der Waals surface area contributed by atoms with Crippen molar-refractivity contribution < 1.29 is 14.3 Å². The summed E-state index contributed by atoms with van der Waals surface area (Å²) in [5, 5.41) is 3.12. The lowest BCUT2D eigenvalue weighted by atomic mass is 9.92. The lowest BCUT2D eigenvalue weighted by Gasteiger charge is -2.19. The van der Waals surface area contributed by atoms with Crippen LogP contribution in [-0.2, 0) is 4.79 Å². The van der Waals surface area contributed by atoms with Crippen molar-refractivity contribution in [1.82, 2.24) is 0 Å². The molecule has 0 heterocycles. The average molecular weight is 424 g/mol. The predicted octanol–water partition coefficient (Wildman–Crippen LogP) is 7.16. The van der Waals surface area contributed by atoms with Crippen LogP contribution in [0.5, 0.6) is 11.5 Å². The predicted molar refractivity (Wildman–Crippen MR) is 130 cm³/mol. The Hall–Kier alpha value is -2.75. The van der Waals surface area contributed by atoms with Crippen LogP contribution < -0.4 is 14.8 Å². The number of rotatable bonds is 11. The van der Waals surface area contributed by atoms with Crippen LogP contribution in [0, 0.1) is 0 Å². The molecule has 1 N–H and O–H groups in total. The molecule has 0 unspecified atom stereocenters. The van der Waals surface area contributed by atoms with Gasteiger partial charge in [-0.05, 0) is 60.1 Å². The number of hydrogen-bond donors (Lipinski definition) is 1. The first kappa shape index (κ1) is 24.5. The van der Waals surface area contributed by atoms with Crippen LogP contribution in [0.1, 0.15) is 82.9 Å². The summed E-state index contributed by atoms with van der Waals surface area (Å²) in [6, 6.07) is 12.0. The van der Waals surface area contributed by atoms with E-state index in [0.717, 1.165) is 41.0 Å². The van der Waals surface area contributed by atoms with Gasteiger partial charge in [0.05, 0.1) is 13.2 Å². The average Bonchev–Trinajstić information content (AvgIpc) is 2.73. The van der Waals surface area contributed by atoms with Gasteiger partial charge in [0.15, 0.2) is 11.5 Å². The number of nitrogens with one attached hydrogen (secondary N) is 1. The second-order valence-corrected chi connectivity index (χ2v) is 8.28. The maximum absolute atomic E-state index is 12.7. The van der Waals surface area contributed by atoms with E-state index in [0.29, 0.717) is 30.8 Å². The Morgan fingerprint density at radius 3 is 2.23 bits per heavy atom. The fraction of sp³-hybridized carbons (Fsp3) is 0.444. The third kappa shape index (κ3) is 7.16. The molecule has 4 nitrogen and oxygen atoms in total. The summed E-state index contributed by atoms with van der Waals surface area (Å²) < 4.78 is 11.6. The first-order valence-electron chi connectivity index (χ1n) is 11.4. The molecular weight excluding hydrogens is 386 g/mol. The van der Waals surface area contributed by atoms with E-state index >= 15 is 0 Å². The van der Waals surface area contributed by atoms with E-state index < -0.39 is 0 Å². The molecule has 0 aliphatic carbocycles. The summed E-state index contributed by atoms with van der Waals surface area (Å²) in [5.74, 6) is 1.95. The highest BCUT2D eigenvalue weighted by atomic mass is 16.5. The maximum Gasteiger partial charge on any atom is 0.248 e. The molecule has 1 amide bonds. The number of anilines is 1. The fourth-order valence-corrected chi connectivity index (χ4v) is 3.37. The Morgan fingerprint density at radius 2 is 1.65 bits per heavy atom. The summed E-state index contributed by atoms with van der Waals surface area (Å²) in [5.41, 5.74) is 4.12. The number of ether oxygens (including phenoxy) is 2. The lowest BCUT2D eigenvalue weighted by molar-refractivity contribution is -0.111. The molecule has 168 valence electrons. The van der Waals surface area contributed by atoms with Crippen LogP contribution in [0.25, 0.3) is 6.08 Å². The largest absolute Gasteiger partial charge is 0.490 e. The van der Waals surface area contributed by atoms with Crippen molar-refractivity contribution in [2.45, 2.75) is 66.2 Å². The molecule has 0 aliphatic heterocycles. The van der Waals surface area contributed by atoms with Crippen molar-refractivity contribution >= 4 is 17.7 Å². The number of carbonyl (C=O) groups excluding carboxylic acids is 1. The number of amides is 1. The Labute approximate surface area is 187 Å². The summed E-state index contributed by atoms with van der Waals surface area (Å²) in [6.07, 6.45) is 5.46. The molecule has 0 saturated carbocycles. The van der Waals surface area contributed by atoms with Crippen LogP contribution >= 0.6 is 0 Å². The van der Waals surface area contributed by atoms with E-state index in [1.807, 2.05) is 25.1 Å². The normalized spacial score (nSPS) is 11.4. The van der Waals surface area contributed by atoms with Crippen molar-refractivity contribution in [2.24, 2.45) is 0 Å². The molecule has 0 bridgehead atoms. The van der Waals surface area contributed by atoms with Crippen molar-refractivity contribution in [1.29, 1.82) is 0 Å². The molecule has 2 aromatic rings. The minimum Gasteiger partial charge on any atom is -0.490 e. The van der Waals surface area contributed by atoms with E-state index in [-0.39, 0.29) is 5.91 Å². The third-order valence-corrected chi connectivity index (χ3v) is 5.07. The zero-order chi connectivity index (χ0) is 22.8. The summed E-state index contributed by atoms with van der Waals surface area (Å²) >= 11 is 0. The highest BCUT2D eigenvalue weighted by Crippen LogP contribution is 2.33. The van der Waals surface area contributed by atoms with Gasteiger partial charge in [0.25, 0.3) is 0 Å². The smallest absolute Gasteiger partial charge is 0.248 e. The van der Waals surface area contributed by atoms with Gasteiger partial charge < -0.3 is 14.8 Å². The number of carbonyl (C=O) groups is 1. The monoisotopic (exact) mass is 423 g/mol. The SMILES string of the molecule is CCCCOc1ccc(/C=C/C(=O)Nc2c(C(C)C)cccc2C(C)C)cc1OCC. The van der Waals surface area contributed by atoms with E-state index in [1.165, 1.54) is 0 Å². The second-order valence-electron chi connectivity index (χ2n) is 8.28. The van der Waals surface area contributed by atoms with E-state index in [2.05, 4.69) is 58.1 Å². The zero-order valence-electron chi connectivity index (χ0n) is 19.8. The maximum atomic E-state index is 12.7. The molecule has 4 heteroatoms. The van der Waals surface area contributed by atoms with Crippen LogP contribution in [0.4, 0.5) is 5.69 Å². The Balaban J connectivity index is 2.19. The third-order valence-electron chi connectivity index (χ3n) is 5.07. The minimum atomic E-state index is -0.142. The first-order valence-corrected chi connectivity index (χ1v) is 11.4. The minimum absolute atomic E-state index is 0.142. The van der Waals surface area contributed by atoms with Gasteiger partial charge >= 0.3 is 0 Å². The number of benzene rings is 2. The van der Waals surface area contributed by atoms with Gasteiger partial charge in [-0.1, -0.05) is 65.3 Å². The zero-order valence-corrected chi connectivity index (χ0v) is 19.8. The van der Waals surface area contributed by atoms with Gasteiger partial charge in [-0.2, -0.15) is 0 Å². The lowest BCUT2D eigenvalue weighted by Crippen LogP contribution is -2.13. The highest BCUT2D eigenvalue weighted by molar-refractivity contribution is 6.03. The fourth-order valence-electron chi connectivity index (χ4n) is 3.37. The van der Waals surface area contributed by atoms with E-state index in [4.69, 9.17) is 9.47 Å². The molecule has 2 rings (SSSR count). The molecule has 0 aromatic heterocycles. The number of hydrogen-bond acceptors (Lipinski definition) is 3. The molecule has 0 radical (unpaired) electrons. The van der Waals surface area contributed by atoms with Crippen molar-refractivity contribution in [2.75, 3.05) is 18.5 Å². The van der Waals surface area contributed by atoms with Gasteiger partial charge in [0.1, 0.15) is 0 Å². The van der Waals surface area contributed by atoms with Crippen LogP contribution in [0.2, 0.25) is 0 Å².